The molecule has 0 radical (unpaired) electrons. The Hall–Kier alpha value is -3.09. The lowest BCUT2D eigenvalue weighted by Crippen LogP contribution is -2.14. The Morgan fingerprint density at radius 1 is 1.05 bits per heavy atom. The third-order valence-corrected chi connectivity index (χ3v) is 2.83. The van der Waals surface area contributed by atoms with E-state index in [0.717, 1.165) is 6.07 Å². The first-order valence-electron chi connectivity index (χ1n) is 5.94. The molecule has 21 heavy (non-hydrogen) atoms. The summed E-state index contributed by atoms with van der Waals surface area (Å²) in [6.07, 6.45) is 0. The zero-order valence-electron chi connectivity index (χ0n) is 10.9. The molecule has 0 aliphatic rings. The van der Waals surface area contributed by atoms with Gasteiger partial charge in [0, 0.05) is 16.9 Å². The average molecular weight is 288 g/mol. The quantitative estimate of drug-likeness (QED) is 0.634. The van der Waals surface area contributed by atoms with Crippen LogP contribution >= 0.6 is 0 Å². The van der Waals surface area contributed by atoms with Crippen LogP contribution in [0.4, 0.5) is 21.5 Å². The Kier molecular flexibility index (Phi) is 3.75. The van der Waals surface area contributed by atoms with E-state index in [1.165, 1.54) is 18.2 Å². The number of nitrogens with two attached hydrogens (primary N) is 3. The first-order valence-corrected chi connectivity index (χ1v) is 5.94. The third kappa shape index (κ3) is 3.08. The Labute approximate surface area is 119 Å². The number of anilines is 3. The monoisotopic (exact) mass is 288 g/mol. The number of carbonyl (C=O) groups excluding carboxylic acids is 2. The van der Waals surface area contributed by atoms with Gasteiger partial charge in [-0.3, -0.25) is 9.59 Å². The number of primary amides is 2. The molecule has 2 rings (SSSR count). The molecule has 6 nitrogen and oxygen atoms in total. The molecule has 0 aromatic heterocycles. The molecule has 7 heteroatoms. The highest BCUT2D eigenvalue weighted by molar-refractivity contribution is 5.99. The standard InChI is InChI=1S/C14H13FN4O2/c15-10-6-11(16)9(14(18)21)5-12(10)19-8-3-1-2-7(4-8)13(17)20/h1-6,19H,16H2,(H2,17,20)(H2,18,21). The molecular formula is C14H13FN4O2. The molecule has 108 valence electrons. The van der Waals surface area contributed by atoms with Crippen LogP contribution in [0, 0.1) is 5.82 Å². The number of carbonyl (C=O) groups is 2. The van der Waals surface area contributed by atoms with E-state index in [2.05, 4.69) is 5.32 Å². The number of halogens is 1. The Morgan fingerprint density at radius 2 is 1.76 bits per heavy atom. The maximum Gasteiger partial charge on any atom is 0.250 e. The summed E-state index contributed by atoms with van der Waals surface area (Å²) in [7, 11) is 0. The van der Waals surface area contributed by atoms with Crippen molar-refractivity contribution in [3.05, 3.63) is 53.3 Å². The minimum absolute atomic E-state index is 0.00459. The molecule has 2 amide bonds. The summed E-state index contributed by atoms with van der Waals surface area (Å²) < 4.78 is 13.9. The van der Waals surface area contributed by atoms with Crippen molar-refractivity contribution in [3.63, 3.8) is 0 Å². The molecule has 0 atom stereocenters. The van der Waals surface area contributed by atoms with Crippen LogP contribution in [0.5, 0.6) is 0 Å². The van der Waals surface area contributed by atoms with E-state index in [1.54, 1.807) is 12.1 Å². The first-order chi connectivity index (χ1) is 9.88. The maximum atomic E-state index is 13.9. The van der Waals surface area contributed by atoms with Gasteiger partial charge in [-0.05, 0) is 30.3 Å². The fourth-order valence-corrected chi connectivity index (χ4v) is 1.80. The Bertz CT molecular complexity index is 731. The number of rotatable bonds is 4. The second-order valence-electron chi connectivity index (χ2n) is 4.35. The summed E-state index contributed by atoms with van der Waals surface area (Å²) in [5.74, 6) is -2.02. The van der Waals surface area contributed by atoms with Crippen LogP contribution in [0.25, 0.3) is 0 Å². The van der Waals surface area contributed by atoms with Crippen molar-refractivity contribution < 1.29 is 14.0 Å². The Balaban J connectivity index is 2.39. The second kappa shape index (κ2) is 5.49. The average Bonchev–Trinajstić information content (AvgIpc) is 2.41. The molecule has 0 aliphatic carbocycles. The SMILES string of the molecule is NC(=O)c1cccc(Nc2cc(C(N)=O)c(N)cc2F)c1. The molecule has 0 saturated heterocycles. The molecule has 7 N–H and O–H groups in total. The van der Waals surface area contributed by atoms with Crippen molar-refractivity contribution >= 4 is 28.9 Å². The summed E-state index contributed by atoms with van der Waals surface area (Å²) in [6, 6.07) is 8.41. The van der Waals surface area contributed by atoms with Gasteiger partial charge in [-0.2, -0.15) is 0 Å². The fraction of sp³-hybridized carbons (Fsp3) is 0. The summed E-state index contributed by atoms with van der Waals surface area (Å²) in [5.41, 5.74) is 16.5. The lowest BCUT2D eigenvalue weighted by Gasteiger charge is -2.11. The second-order valence-corrected chi connectivity index (χ2v) is 4.35. The predicted octanol–water partition coefficient (Wildman–Crippen LogP) is 1.35. The summed E-state index contributed by atoms with van der Waals surface area (Å²) in [6.45, 7) is 0. The summed E-state index contributed by atoms with van der Waals surface area (Å²) >= 11 is 0. The molecular weight excluding hydrogens is 275 g/mol. The maximum absolute atomic E-state index is 13.9. The normalized spacial score (nSPS) is 10.1. The van der Waals surface area contributed by atoms with Crippen molar-refractivity contribution in [1.29, 1.82) is 0 Å². The van der Waals surface area contributed by atoms with Gasteiger partial charge in [0.2, 0.25) is 5.91 Å². The van der Waals surface area contributed by atoms with Gasteiger partial charge in [0.1, 0.15) is 5.82 Å². The largest absolute Gasteiger partial charge is 0.398 e. The van der Waals surface area contributed by atoms with E-state index in [4.69, 9.17) is 17.2 Å². The van der Waals surface area contributed by atoms with E-state index in [9.17, 15) is 14.0 Å². The fourth-order valence-electron chi connectivity index (χ4n) is 1.80. The number of hydrogen-bond donors (Lipinski definition) is 4. The highest BCUT2D eigenvalue weighted by atomic mass is 19.1. The van der Waals surface area contributed by atoms with Crippen molar-refractivity contribution in [3.8, 4) is 0 Å². The molecule has 0 spiro atoms. The molecule has 0 heterocycles. The minimum atomic E-state index is -0.763. The van der Waals surface area contributed by atoms with E-state index < -0.39 is 17.6 Å². The number of benzene rings is 2. The van der Waals surface area contributed by atoms with Crippen molar-refractivity contribution in [2.75, 3.05) is 11.1 Å². The van der Waals surface area contributed by atoms with Crippen LogP contribution in [0.2, 0.25) is 0 Å². The van der Waals surface area contributed by atoms with Crippen LogP contribution in [-0.4, -0.2) is 11.8 Å². The van der Waals surface area contributed by atoms with Crippen LogP contribution in [0.3, 0.4) is 0 Å². The van der Waals surface area contributed by atoms with Crippen LogP contribution in [0.1, 0.15) is 20.7 Å². The zero-order chi connectivity index (χ0) is 15.6. The van der Waals surface area contributed by atoms with Gasteiger partial charge in [0.25, 0.3) is 5.91 Å². The lowest BCUT2D eigenvalue weighted by molar-refractivity contribution is 0.0992. The van der Waals surface area contributed by atoms with E-state index >= 15 is 0 Å². The third-order valence-electron chi connectivity index (χ3n) is 2.83. The van der Waals surface area contributed by atoms with Gasteiger partial charge in [-0.1, -0.05) is 6.07 Å². The topological polar surface area (TPSA) is 124 Å². The summed E-state index contributed by atoms with van der Waals surface area (Å²) in [5, 5.41) is 2.74. The predicted molar refractivity (Wildman–Crippen MR) is 77.6 cm³/mol. The lowest BCUT2D eigenvalue weighted by atomic mass is 10.1. The van der Waals surface area contributed by atoms with Crippen molar-refractivity contribution in [2.45, 2.75) is 0 Å². The van der Waals surface area contributed by atoms with Crippen molar-refractivity contribution in [1.82, 2.24) is 0 Å². The number of nitrogens with one attached hydrogen (secondary N) is 1. The van der Waals surface area contributed by atoms with E-state index in [1.807, 2.05) is 0 Å². The molecule has 2 aromatic rings. The first kappa shape index (κ1) is 14.3. The van der Waals surface area contributed by atoms with Crippen molar-refractivity contribution in [2.24, 2.45) is 11.5 Å². The summed E-state index contributed by atoms with van der Waals surface area (Å²) in [4.78, 5) is 22.3. The molecule has 0 aliphatic heterocycles. The van der Waals surface area contributed by atoms with Gasteiger partial charge in [-0.25, -0.2) is 4.39 Å². The molecule has 0 bridgehead atoms. The van der Waals surface area contributed by atoms with Gasteiger partial charge < -0.3 is 22.5 Å². The highest BCUT2D eigenvalue weighted by Gasteiger charge is 2.12. The van der Waals surface area contributed by atoms with E-state index in [0.29, 0.717) is 5.69 Å². The number of hydrogen-bond acceptors (Lipinski definition) is 4. The highest BCUT2D eigenvalue weighted by Crippen LogP contribution is 2.25. The molecule has 0 unspecified atom stereocenters. The molecule has 0 saturated carbocycles. The van der Waals surface area contributed by atoms with Gasteiger partial charge in [0.05, 0.1) is 11.3 Å². The van der Waals surface area contributed by atoms with E-state index in [-0.39, 0.29) is 22.5 Å². The zero-order valence-corrected chi connectivity index (χ0v) is 10.9. The van der Waals surface area contributed by atoms with Gasteiger partial charge >= 0.3 is 0 Å². The number of amides is 2. The van der Waals surface area contributed by atoms with Crippen LogP contribution < -0.4 is 22.5 Å². The van der Waals surface area contributed by atoms with Crippen LogP contribution in [0.15, 0.2) is 36.4 Å². The molecule has 0 fully saturated rings. The Morgan fingerprint density at radius 3 is 2.38 bits per heavy atom. The number of nitrogen functional groups attached to an aromatic ring is 1. The van der Waals surface area contributed by atoms with Gasteiger partial charge in [-0.15, -0.1) is 0 Å². The van der Waals surface area contributed by atoms with Gasteiger partial charge in [0.15, 0.2) is 0 Å². The smallest absolute Gasteiger partial charge is 0.250 e. The molecule has 2 aromatic carbocycles. The minimum Gasteiger partial charge on any atom is -0.398 e. The van der Waals surface area contributed by atoms with Crippen LogP contribution in [-0.2, 0) is 0 Å².